The van der Waals surface area contributed by atoms with E-state index in [1.807, 2.05) is 30.3 Å². The molecule has 0 saturated heterocycles. The van der Waals surface area contributed by atoms with Crippen molar-refractivity contribution in [3.8, 4) is 34.3 Å². The van der Waals surface area contributed by atoms with Crippen LogP contribution in [0, 0.1) is 17.1 Å². The number of nitrogens with two attached hydrogens (primary N) is 1. The number of halogens is 1. The van der Waals surface area contributed by atoms with Crippen LogP contribution in [-0.2, 0) is 0 Å². The fraction of sp³-hybridized carbons (Fsp3) is 0.240. The van der Waals surface area contributed by atoms with Crippen LogP contribution in [-0.4, -0.2) is 32.6 Å². The van der Waals surface area contributed by atoms with Crippen LogP contribution >= 0.6 is 0 Å². The molecule has 3 N–H and O–H groups in total. The smallest absolute Gasteiger partial charge is 0.159 e. The van der Waals surface area contributed by atoms with E-state index in [0.29, 0.717) is 29.7 Å². The number of fused-ring (bicyclic) bond motifs is 1. The van der Waals surface area contributed by atoms with Crippen molar-refractivity contribution >= 4 is 16.7 Å². The number of pyridine rings is 1. The Morgan fingerprint density at radius 2 is 1.97 bits per heavy atom. The van der Waals surface area contributed by atoms with Crippen molar-refractivity contribution in [1.82, 2.24) is 14.8 Å². The van der Waals surface area contributed by atoms with Gasteiger partial charge in [0.05, 0.1) is 24.4 Å². The number of aliphatic hydroxyl groups is 1. The number of nitrogen functional groups attached to an aromatic ring is 1. The second-order valence-corrected chi connectivity index (χ2v) is 8.62. The standard InChI is InChI=1S/C25H22FN5O2/c1-25(32)11-15(12-25)31-24(28)18(13-27)22(30-31)17-9-8-16-20(33-2)10-19(29-23(16)21(17)26)14-6-4-3-5-7-14/h3-10,15,32H,11-12,28H2,1-2H3. The van der Waals surface area contributed by atoms with E-state index >= 15 is 4.39 Å². The molecule has 33 heavy (non-hydrogen) atoms. The van der Waals surface area contributed by atoms with E-state index in [1.54, 1.807) is 25.1 Å². The predicted octanol–water partition coefficient (Wildman–Crippen LogP) is 4.45. The Kier molecular flexibility index (Phi) is 4.80. The number of nitriles is 1. The molecule has 0 aliphatic heterocycles. The Hall–Kier alpha value is -3.96. The Labute approximate surface area is 189 Å². The van der Waals surface area contributed by atoms with E-state index in [0.717, 1.165) is 5.56 Å². The molecule has 4 aromatic rings. The normalized spacial score (nSPS) is 19.8. The van der Waals surface area contributed by atoms with Crippen molar-refractivity contribution < 1.29 is 14.2 Å². The summed E-state index contributed by atoms with van der Waals surface area (Å²) in [5.74, 6) is 0.0490. The van der Waals surface area contributed by atoms with E-state index < -0.39 is 11.4 Å². The van der Waals surface area contributed by atoms with Gasteiger partial charge >= 0.3 is 0 Å². The Morgan fingerprint density at radius 3 is 2.61 bits per heavy atom. The molecule has 2 aromatic carbocycles. The van der Waals surface area contributed by atoms with Crippen LogP contribution in [0.2, 0.25) is 0 Å². The van der Waals surface area contributed by atoms with Crippen molar-refractivity contribution in [3.05, 3.63) is 59.9 Å². The zero-order valence-electron chi connectivity index (χ0n) is 18.2. The molecule has 2 aromatic heterocycles. The number of aromatic nitrogens is 3. The van der Waals surface area contributed by atoms with E-state index in [-0.39, 0.29) is 34.2 Å². The topological polar surface area (TPSA) is 110 Å². The second kappa shape index (κ2) is 7.57. The number of hydrogen-bond donors (Lipinski definition) is 2. The highest BCUT2D eigenvalue weighted by atomic mass is 19.1. The van der Waals surface area contributed by atoms with Crippen LogP contribution < -0.4 is 10.5 Å². The molecule has 166 valence electrons. The van der Waals surface area contributed by atoms with Gasteiger partial charge in [0.25, 0.3) is 0 Å². The van der Waals surface area contributed by atoms with Gasteiger partial charge in [-0.25, -0.2) is 14.1 Å². The first-order valence-electron chi connectivity index (χ1n) is 10.6. The minimum atomic E-state index is -0.793. The first kappa shape index (κ1) is 20.9. The molecule has 1 saturated carbocycles. The lowest BCUT2D eigenvalue weighted by Crippen LogP contribution is -2.42. The second-order valence-electron chi connectivity index (χ2n) is 8.62. The molecule has 2 heterocycles. The zero-order valence-corrected chi connectivity index (χ0v) is 18.2. The molecular weight excluding hydrogens is 421 g/mol. The highest BCUT2D eigenvalue weighted by molar-refractivity contribution is 5.92. The molecule has 7 nitrogen and oxygen atoms in total. The molecule has 1 aliphatic rings. The maximum Gasteiger partial charge on any atom is 0.159 e. The summed E-state index contributed by atoms with van der Waals surface area (Å²) in [6, 6.07) is 16.4. The number of ether oxygens (including phenoxy) is 1. The van der Waals surface area contributed by atoms with Gasteiger partial charge < -0.3 is 15.6 Å². The van der Waals surface area contributed by atoms with Gasteiger partial charge in [0.2, 0.25) is 0 Å². The van der Waals surface area contributed by atoms with Crippen LogP contribution in [0.25, 0.3) is 33.4 Å². The number of anilines is 1. The quantitative estimate of drug-likeness (QED) is 0.482. The van der Waals surface area contributed by atoms with Gasteiger partial charge in [0, 0.05) is 22.6 Å². The average molecular weight is 443 g/mol. The number of rotatable bonds is 4. The minimum absolute atomic E-state index is 0.103. The minimum Gasteiger partial charge on any atom is -0.496 e. The largest absolute Gasteiger partial charge is 0.496 e. The first-order chi connectivity index (χ1) is 15.8. The van der Waals surface area contributed by atoms with Crippen LogP contribution in [0.5, 0.6) is 5.75 Å². The van der Waals surface area contributed by atoms with Crippen molar-refractivity contribution in [2.45, 2.75) is 31.4 Å². The fourth-order valence-electron chi connectivity index (χ4n) is 4.49. The van der Waals surface area contributed by atoms with Gasteiger partial charge in [-0.05, 0) is 31.9 Å². The predicted molar refractivity (Wildman–Crippen MR) is 123 cm³/mol. The molecule has 1 aliphatic carbocycles. The van der Waals surface area contributed by atoms with Crippen molar-refractivity contribution in [3.63, 3.8) is 0 Å². The highest BCUT2D eigenvalue weighted by Gasteiger charge is 2.41. The van der Waals surface area contributed by atoms with E-state index in [4.69, 9.17) is 10.5 Å². The molecule has 0 bridgehead atoms. The number of benzene rings is 2. The maximum atomic E-state index is 15.9. The zero-order chi connectivity index (χ0) is 23.3. The Morgan fingerprint density at radius 1 is 1.24 bits per heavy atom. The number of nitrogens with zero attached hydrogens (tertiary/aromatic N) is 4. The maximum absolute atomic E-state index is 15.9. The SMILES string of the molecule is COc1cc(-c2ccccc2)nc2c(F)c(-c3nn(C4CC(C)(O)C4)c(N)c3C#N)ccc12. The van der Waals surface area contributed by atoms with E-state index in [2.05, 4.69) is 16.2 Å². The van der Waals surface area contributed by atoms with Crippen molar-refractivity contribution in [2.75, 3.05) is 12.8 Å². The Bertz CT molecular complexity index is 1410. The van der Waals surface area contributed by atoms with Crippen LogP contribution in [0.1, 0.15) is 31.4 Å². The lowest BCUT2D eigenvalue weighted by molar-refractivity contribution is -0.0535. The van der Waals surface area contributed by atoms with Gasteiger partial charge in [-0.15, -0.1) is 0 Å². The van der Waals surface area contributed by atoms with Gasteiger partial charge in [0.1, 0.15) is 34.4 Å². The number of methoxy groups -OCH3 is 1. The molecule has 5 rings (SSSR count). The van der Waals surface area contributed by atoms with Crippen molar-refractivity contribution in [1.29, 1.82) is 5.26 Å². The molecule has 0 radical (unpaired) electrons. The van der Waals surface area contributed by atoms with Gasteiger partial charge in [-0.3, -0.25) is 0 Å². The van der Waals surface area contributed by atoms with Crippen LogP contribution in [0.3, 0.4) is 0 Å². The summed E-state index contributed by atoms with van der Waals surface area (Å²) < 4.78 is 22.9. The van der Waals surface area contributed by atoms with Gasteiger partial charge in [-0.1, -0.05) is 30.3 Å². The molecule has 0 atom stereocenters. The molecule has 0 unspecified atom stereocenters. The fourth-order valence-corrected chi connectivity index (χ4v) is 4.49. The van der Waals surface area contributed by atoms with Crippen LogP contribution in [0.15, 0.2) is 48.5 Å². The molecule has 1 fully saturated rings. The third-order valence-corrected chi connectivity index (χ3v) is 6.18. The summed E-state index contributed by atoms with van der Waals surface area (Å²) in [6.45, 7) is 1.74. The summed E-state index contributed by atoms with van der Waals surface area (Å²) in [6.07, 6.45) is 0.922. The van der Waals surface area contributed by atoms with Gasteiger partial charge in [0.15, 0.2) is 5.82 Å². The third-order valence-electron chi connectivity index (χ3n) is 6.18. The summed E-state index contributed by atoms with van der Waals surface area (Å²) in [4.78, 5) is 4.57. The lowest BCUT2D eigenvalue weighted by Gasteiger charge is -2.41. The molecule has 0 spiro atoms. The van der Waals surface area contributed by atoms with Gasteiger partial charge in [-0.2, -0.15) is 10.4 Å². The van der Waals surface area contributed by atoms with Crippen molar-refractivity contribution in [2.24, 2.45) is 0 Å². The summed E-state index contributed by atoms with van der Waals surface area (Å²) in [7, 11) is 1.53. The summed E-state index contributed by atoms with van der Waals surface area (Å²) in [5.41, 5.74) is 7.31. The lowest BCUT2D eigenvalue weighted by atomic mass is 9.77. The first-order valence-corrected chi connectivity index (χ1v) is 10.6. The molecular formula is C25H22FN5O2. The molecule has 8 heteroatoms. The third kappa shape index (κ3) is 3.38. The number of hydrogen-bond acceptors (Lipinski definition) is 6. The monoisotopic (exact) mass is 443 g/mol. The summed E-state index contributed by atoms with van der Waals surface area (Å²) in [5, 5.41) is 24.8. The average Bonchev–Trinajstić information content (AvgIpc) is 3.13. The highest BCUT2D eigenvalue weighted by Crippen LogP contribution is 2.44. The summed E-state index contributed by atoms with van der Waals surface area (Å²) >= 11 is 0. The Balaban J connectivity index is 1.69. The van der Waals surface area contributed by atoms with E-state index in [9.17, 15) is 10.4 Å². The molecule has 0 amide bonds. The van der Waals surface area contributed by atoms with Crippen LogP contribution in [0.4, 0.5) is 10.2 Å². The van der Waals surface area contributed by atoms with E-state index in [1.165, 1.54) is 11.8 Å².